The van der Waals surface area contributed by atoms with Gasteiger partial charge in [0.25, 0.3) is 0 Å². The van der Waals surface area contributed by atoms with Gasteiger partial charge in [0, 0.05) is 5.56 Å². The lowest BCUT2D eigenvalue weighted by Gasteiger charge is -2.02. The summed E-state index contributed by atoms with van der Waals surface area (Å²) in [5.74, 6) is 0.168. The zero-order valence-corrected chi connectivity index (χ0v) is 12.4. The molecule has 0 aliphatic carbocycles. The van der Waals surface area contributed by atoms with Crippen molar-refractivity contribution >= 4 is 10.0 Å². The van der Waals surface area contributed by atoms with Crippen LogP contribution in [-0.4, -0.2) is 24.3 Å². The normalized spacial score (nSPS) is 11.7. The van der Waals surface area contributed by atoms with Gasteiger partial charge in [0.2, 0.25) is 21.7 Å². The highest BCUT2D eigenvalue weighted by Crippen LogP contribution is 2.16. The van der Waals surface area contributed by atoms with Gasteiger partial charge in [-0.25, -0.2) is 17.5 Å². The van der Waals surface area contributed by atoms with Crippen molar-refractivity contribution in [3.63, 3.8) is 0 Å². The predicted octanol–water partition coefficient (Wildman–Crippen LogP) is 2.10. The Bertz CT molecular complexity index is 683. The van der Waals surface area contributed by atoms with E-state index < -0.39 is 10.0 Å². The molecule has 0 saturated carbocycles. The summed E-state index contributed by atoms with van der Waals surface area (Å²) in [5.41, 5.74) is 0.597. The molecule has 0 fully saturated rings. The van der Waals surface area contributed by atoms with Crippen molar-refractivity contribution in [2.75, 3.05) is 5.75 Å². The molecule has 0 saturated heterocycles. The van der Waals surface area contributed by atoms with Crippen LogP contribution in [0.2, 0.25) is 0 Å². The third-order valence-electron chi connectivity index (χ3n) is 2.78. The van der Waals surface area contributed by atoms with Gasteiger partial charge < -0.3 is 4.52 Å². The third kappa shape index (κ3) is 4.61. The van der Waals surface area contributed by atoms with Crippen molar-refractivity contribution in [1.29, 1.82) is 0 Å². The quantitative estimate of drug-likeness (QED) is 0.846. The van der Waals surface area contributed by atoms with Gasteiger partial charge in [-0.1, -0.05) is 18.5 Å². The Morgan fingerprint density at radius 3 is 2.67 bits per heavy atom. The van der Waals surface area contributed by atoms with Crippen molar-refractivity contribution in [3.05, 3.63) is 36.0 Å². The first-order valence-corrected chi connectivity index (χ1v) is 8.21. The monoisotopic (exact) mass is 313 g/mol. The number of rotatable bonds is 7. The summed E-state index contributed by atoms with van der Waals surface area (Å²) < 4.78 is 43.5. The molecule has 2 aromatic rings. The molecule has 8 heteroatoms. The van der Waals surface area contributed by atoms with E-state index in [9.17, 15) is 12.8 Å². The van der Waals surface area contributed by atoms with Crippen molar-refractivity contribution < 1.29 is 17.3 Å². The first-order chi connectivity index (χ1) is 10.00. The standard InChI is InChI=1S/C13H16FN3O3S/c1-2-3-8-21(18,19)15-9-12-16-13(17-20-12)10-4-6-11(14)7-5-10/h4-7,15H,2-3,8-9H2,1H3. The fraction of sp³-hybridized carbons (Fsp3) is 0.385. The van der Waals surface area contributed by atoms with Crippen molar-refractivity contribution in [2.24, 2.45) is 0 Å². The van der Waals surface area contributed by atoms with E-state index in [1.807, 2.05) is 6.92 Å². The minimum atomic E-state index is -3.33. The fourth-order valence-corrected chi connectivity index (χ4v) is 2.78. The van der Waals surface area contributed by atoms with Gasteiger partial charge in [-0.15, -0.1) is 0 Å². The highest BCUT2D eigenvalue weighted by Gasteiger charge is 2.13. The summed E-state index contributed by atoms with van der Waals surface area (Å²) in [4.78, 5) is 4.07. The van der Waals surface area contributed by atoms with Gasteiger partial charge in [0.1, 0.15) is 5.82 Å². The van der Waals surface area contributed by atoms with Crippen LogP contribution in [0.4, 0.5) is 4.39 Å². The van der Waals surface area contributed by atoms with E-state index in [-0.39, 0.29) is 29.8 Å². The Labute approximate surface area is 122 Å². The number of unbranched alkanes of at least 4 members (excludes halogenated alkanes) is 1. The maximum atomic E-state index is 12.8. The zero-order valence-electron chi connectivity index (χ0n) is 11.5. The average Bonchev–Trinajstić information content (AvgIpc) is 2.93. The van der Waals surface area contributed by atoms with E-state index in [0.717, 1.165) is 6.42 Å². The number of nitrogens with one attached hydrogen (secondary N) is 1. The number of nitrogens with zero attached hydrogens (tertiary/aromatic N) is 2. The number of halogens is 1. The van der Waals surface area contributed by atoms with Gasteiger partial charge in [-0.05, 0) is 30.7 Å². The van der Waals surface area contributed by atoms with Crippen LogP contribution in [0.15, 0.2) is 28.8 Å². The van der Waals surface area contributed by atoms with Gasteiger partial charge in [0.05, 0.1) is 12.3 Å². The van der Waals surface area contributed by atoms with Crippen LogP contribution in [0.25, 0.3) is 11.4 Å². The molecule has 0 amide bonds. The lowest BCUT2D eigenvalue weighted by Crippen LogP contribution is -2.26. The number of aromatic nitrogens is 2. The minimum absolute atomic E-state index is 0.0553. The summed E-state index contributed by atoms with van der Waals surface area (Å²) in [6.45, 7) is 1.86. The molecule has 114 valence electrons. The van der Waals surface area contributed by atoms with Gasteiger partial charge in [-0.2, -0.15) is 4.98 Å². The van der Waals surface area contributed by atoms with E-state index in [0.29, 0.717) is 12.0 Å². The second-order valence-corrected chi connectivity index (χ2v) is 6.44. The number of sulfonamides is 1. The molecular formula is C13H16FN3O3S. The maximum absolute atomic E-state index is 12.8. The highest BCUT2D eigenvalue weighted by molar-refractivity contribution is 7.89. The molecule has 0 radical (unpaired) electrons. The highest BCUT2D eigenvalue weighted by atomic mass is 32.2. The van der Waals surface area contributed by atoms with Crippen LogP contribution in [0, 0.1) is 5.82 Å². The predicted molar refractivity (Wildman–Crippen MR) is 75.2 cm³/mol. The summed E-state index contributed by atoms with van der Waals surface area (Å²) in [7, 11) is -3.33. The molecule has 1 N–H and O–H groups in total. The van der Waals surface area contributed by atoms with E-state index in [1.54, 1.807) is 0 Å². The van der Waals surface area contributed by atoms with Crippen molar-refractivity contribution in [1.82, 2.24) is 14.9 Å². The SMILES string of the molecule is CCCCS(=O)(=O)NCc1nc(-c2ccc(F)cc2)no1. The molecule has 1 heterocycles. The molecule has 0 spiro atoms. The molecule has 0 aliphatic rings. The van der Waals surface area contributed by atoms with Gasteiger partial charge in [0.15, 0.2) is 0 Å². The molecular weight excluding hydrogens is 297 g/mol. The largest absolute Gasteiger partial charge is 0.338 e. The number of hydrogen-bond donors (Lipinski definition) is 1. The van der Waals surface area contributed by atoms with Crippen LogP contribution in [0.1, 0.15) is 25.7 Å². The number of hydrogen-bond acceptors (Lipinski definition) is 5. The molecule has 0 aliphatic heterocycles. The second-order valence-electron chi connectivity index (χ2n) is 4.51. The third-order valence-corrected chi connectivity index (χ3v) is 4.19. The smallest absolute Gasteiger partial charge is 0.242 e. The maximum Gasteiger partial charge on any atom is 0.242 e. The van der Waals surface area contributed by atoms with E-state index in [1.165, 1.54) is 24.3 Å². The molecule has 1 aromatic heterocycles. The Morgan fingerprint density at radius 1 is 1.29 bits per heavy atom. The summed E-state index contributed by atoms with van der Waals surface area (Å²) >= 11 is 0. The van der Waals surface area contributed by atoms with Gasteiger partial charge in [-0.3, -0.25) is 0 Å². The molecule has 0 bridgehead atoms. The van der Waals surface area contributed by atoms with E-state index in [4.69, 9.17) is 4.52 Å². The Kier molecular flexibility index (Phi) is 5.03. The number of benzene rings is 1. The zero-order chi connectivity index (χ0) is 15.3. The minimum Gasteiger partial charge on any atom is -0.338 e. The molecule has 2 rings (SSSR count). The Hall–Kier alpha value is -1.80. The topological polar surface area (TPSA) is 85.1 Å². The van der Waals surface area contributed by atoms with Crippen LogP contribution in [0.5, 0.6) is 0 Å². The summed E-state index contributed by atoms with van der Waals surface area (Å²) in [6, 6.07) is 5.63. The van der Waals surface area contributed by atoms with Gasteiger partial charge >= 0.3 is 0 Å². The van der Waals surface area contributed by atoms with Crippen LogP contribution < -0.4 is 4.72 Å². The molecule has 0 atom stereocenters. The van der Waals surface area contributed by atoms with Crippen molar-refractivity contribution in [2.45, 2.75) is 26.3 Å². The molecule has 1 aromatic carbocycles. The van der Waals surface area contributed by atoms with Crippen molar-refractivity contribution in [3.8, 4) is 11.4 Å². The fourth-order valence-electron chi connectivity index (χ4n) is 1.62. The van der Waals surface area contributed by atoms with Crippen LogP contribution >= 0.6 is 0 Å². The first-order valence-electron chi connectivity index (χ1n) is 6.56. The van der Waals surface area contributed by atoms with Crippen LogP contribution in [-0.2, 0) is 16.6 Å². The second kappa shape index (κ2) is 6.77. The van der Waals surface area contributed by atoms with Crippen LogP contribution in [0.3, 0.4) is 0 Å². The summed E-state index contributed by atoms with van der Waals surface area (Å²) in [6.07, 6.45) is 1.40. The lowest BCUT2D eigenvalue weighted by molar-refractivity contribution is 0.376. The first kappa shape index (κ1) is 15.6. The average molecular weight is 313 g/mol. The summed E-state index contributed by atoms with van der Waals surface area (Å²) in [5, 5.41) is 3.74. The Balaban J connectivity index is 1.99. The lowest BCUT2D eigenvalue weighted by atomic mass is 10.2. The molecule has 6 nitrogen and oxygen atoms in total. The molecule has 21 heavy (non-hydrogen) atoms. The van der Waals surface area contributed by atoms with E-state index in [2.05, 4.69) is 14.9 Å². The molecule has 0 unspecified atom stereocenters. The van der Waals surface area contributed by atoms with E-state index >= 15 is 0 Å². The Morgan fingerprint density at radius 2 is 2.00 bits per heavy atom.